The summed E-state index contributed by atoms with van der Waals surface area (Å²) in [7, 11) is 2.08. The number of ether oxygens (including phenoxy) is 1. The third-order valence-corrected chi connectivity index (χ3v) is 8.10. The molecule has 1 fully saturated rings. The molecule has 1 aromatic heterocycles. The van der Waals surface area contributed by atoms with Crippen molar-refractivity contribution < 1.29 is 14.1 Å². The second kappa shape index (κ2) is 11.7. The second-order valence-electron chi connectivity index (χ2n) is 10.5. The second-order valence-corrected chi connectivity index (χ2v) is 10.9. The highest BCUT2D eigenvalue weighted by molar-refractivity contribution is 6.31. The van der Waals surface area contributed by atoms with Crippen LogP contribution in [0.15, 0.2) is 77.3 Å². The van der Waals surface area contributed by atoms with Gasteiger partial charge in [-0.3, -0.25) is 4.79 Å². The summed E-state index contributed by atoms with van der Waals surface area (Å²) in [6.45, 7) is 5.13. The average Bonchev–Trinajstić information content (AvgIpc) is 3.62. The van der Waals surface area contributed by atoms with Crippen LogP contribution in [0.3, 0.4) is 0 Å². The number of carbonyl (C=O) groups excluding carboxylic acids is 1. The third kappa shape index (κ3) is 6.04. The molecular formula is C33H35ClN2O3. The van der Waals surface area contributed by atoms with E-state index in [1.165, 1.54) is 11.1 Å². The standard InChI is InChI=1S/C33H35ClN2O3/c1-4-38-30(37)22-33(19-20-33)28-17-15-25(16-18-28)24-11-13-27(14-12-24)32-31(23(2)35-39-32)36(3)21-7-9-26-8-5-6-10-29(26)34/h5-6,8,10-18H,4,7,9,19-22H2,1-3H3. The van der Waals surface area contributed by atoms with Crippen LogP contribution in [-0.4, -0.2) is 31.3 Å². The number of aromatic nitrogens is 1. The van der Waals surface area contributed by atoms with Gasteiger partial charge in [-0.2, -0.15) is 0 Å². The Kier molecular flexibility index (Phi) is 8.08. The molecule has 0 N–H and O–H groups in total. The Morgan fingerprint density at radius 2 is 1.64 bits per heavy atom. The summed E-state index contributed by atoms with van der Waals surface area (Å²) in [6.07, 6.45) is 4.42. The predicted octanol–water partition coefficient (Wildman–Crippen LogP) is 8.02. The molecule has 3 aromatic carbocycles. The first-order valence-electron chi connectivity index (χ1n) is 13.7. The molecule has 5 nitrogen and oxygen atoms in total. The lowest BCUT2D eigenvalue weighted by Gasteiger charge is -2.19. The molecule has 0 atom stereocenters. The van der Waals surface area contributed by atoms with Gasteiger partial charge in [0.1, 0.15) is 11.4 Å². The molecule has 6 heteroatoms. The maximum absolute atomic E-state index is 12.1. The number of nitrogens with zero attached hydrogens (tertiary/aromatic N) is 2. The van der Waals surface area contributed by atoms with Crippen molar-refractivity contribution in [2.75, 3.05) is 25.1 Å². The Bertz CT molecular complexity index is 1420. The number of carbonyl (C=O) groups is 1. The van der Waals surface area contributed by atoms with E-state index in [2.05, 4.69) is 71.7 Å². The van der Waals surface area contributed by atoms with Crippen molar-refractivity contribution in [3.63, 3.8) is 0 Å². The van der Waals surface area contributed by atoms with Crippen molar-refractivity contribution in [3.8, 4) is 22.5 Å². The minimum Gasteiger partial charge on any atom is -0.466 e. The summed E-state index contributed by atoms with van der Waals surface area (Å²) in [5.74, 6) is 0.673. The lowest BCUT2D eigenvalue weighted by Crippen LogP contribution is -2.20. The fraction of sp³-hybridized carbons (Fsp3) is 0.333. The number of anilines is 1. The molecule has 0 amide bonds. The Morgan fingerprint density at radius 3 is 2.28 bits per heavy atom. The van der Waals surface area contributed by atoms with Crippen LogP contribution in [0.1, 0.15) is 49.4 Å². The highest BCUT2D eigenvalue weighted by atomic mass is 35.5. The number of esters is 1. The van der Waals surface area contributed by atoms with E-state index in [-0.39, 0.29) is 11.4 Å². The Balaban J connectivity index is 1.26. The Labute approximate surface area is 235 Å². The molecule has 0 bridgehead atoms. The van der Waals surface area contributed by atoms with Crippen LogP contribution in [0.2, 0.25) is 5.02 Å². The molecule has 0 unspecified atom stereocenters. The van der Waals surface area contributed by atoms with Gasteiger partial charge in [0.25, 0.3) is 0 Å². The van der Waals surface area contributed by atoms with Crippen molar-refractivity contribution >= 4 is 23.3 Å². The van der Waals surface area contributed by atoms with Crippen molar-refractivity contribution in [3.05, 3.63) is 94.6 Å². The first-order valence-corrected chi connectivity index (χ1v) is 14.1. The zero-order chi connectivity index (χ0) is 27.4. The van der Waals surface area contributed by atoms with E-state index in [0.29, 0.717) is 13.0 Å². The van der Waals surface area contributed by atoms with Crippen LogP contribution in [-0.2, 0) is 21.4 Å². The molecule has 1 heterocycles. The van der Waals surface area contributed by atoms with Crippen LogP contribution in [0.5, 0.6) is 0 Å². The molecule has 39 heavy (non-hydrogen) atoms. The van der Waals surface area contributed by atoms with Crippen molar-refractivity contribution in [1.82, 2.24) is 5.16 Å². The van der Waals surface area contributed by atoms with Gasteiger partial charge in [-0.25, -0.2) is 0 Å². The van der Waals surface area contributed by atoms with Crippen LogP contribution >= 0.6 is 11.6 Å². The average molecular weight is 543 g/mol. The number of halogens is 1. The maximum Gasteiger partial charge on any atom is 0.306 e. The minimum absolute atomic E-state index is 0.0471. The number of hydrogen-bond donors (Lipinski definition) is 0. The molecule has 5 rings (SSSR count). The highest BCUT2D eigenvalue weighted by Gasteiger charge is 2.46. The Morgan fingerprint density at radius 1 is 1.00 bits per heavy atom. The summed E-state index contributed by atoms with van der Waals surface area (Å²) < 4.78 is 11.0. The van der Waals surface area contributed by atoms with E-state index in [4.69, 9.17) is 20.9 Å². The number of aryl methyl sites for hydroxylation is 2. The largest absolute Gasteiger partial charge is 0.466 e. The highest BCUT2D eigenvalue weighted by Crippen LogP contribution is 2.51. The van der Waals surface area contributed by atoms with Gasteiger partial charge < -0.3 is 14.2 Å². The first kappa shape index (κ1) is 27.0. The molecular weight excluding hydrogens is 508 g/mol. The maximum atomic E-state index is 12.1. The van der Waals surface area contributed by atoms with E-state index < -0.39 is 0 Å². The van der Waals surface area contributed by atoms with Crippen LogP contribution in [0, 0.1) is 6.92 Å². The molecule has 0 spiro atoms. The van der Waals surface area contributed by atoms with Crippen LogP contribution in [0.4, 0.5) is 5.69 Å². The molecule has 1 saturated carbocycles. The lowest BCUT2D eigenvalue weighted by atomic mass is 9.91. The van der Waals surface area contributed by atoms with E-state index >= 15 is 0 Å². The number of hydrogen-bond acceptors (Lipinski definition) is 5. The normalized spacial score (nSPS) is 13.7. The quantitative estimate of drug-likeness (QED) is 0.180. The van der Waals surface area contributed by atoms with Gasteiger partial charge in [-0.15, -0.1) is 0 Å². The molecule has 1 aliphatic rings. The van der Waals surface area contributed by atoms with Crippen molar-refractivity contribution in [1.29, 1.82) is 0 Å². The smallest absolute Gasteiger partial charge is 0.306 e. The monoisotopic (exact) mass is 542 g/mol. The van der Waals surface area contributed by atoms with Gasteiger partial charge in [0.2, 0.25) is 0 Å². The lowest BCUT2D eigenvalue weighted by molar-refractivity contribution is -0.143. The molecule has 0 aliphatic heterocycles. The van der Waals surface area contributed by atoms with E-state index in [1.54, 1.807) is 0 Å². The molecule has 0 radical (unpaired) electrons. The third-order valence-electron chi connectivity index (χ3n) is 7.73. The van der Waals surface area contributed by atoms with Gasteiger partial charge in [0.15, 0.2) is 5.76 Å². The minimum atomic E-state index is -0.108. The summed E-state index contributed by atoms with van der Waals surface area (Å²) in [5, 5.41) is 5.09. The summed E-state index contributed by atoms with van der Waals surface area (Å²) in [5.41, 5.74) is 7.50. The van der Waals surface area contributed by atoms with E-state index in [0.717, 1.165) is 71.1 Å². The molecule has 202 valence electrons. The summed E-state index contributed by atoms with van der Waals surface area (Å²) >= 11 is 6.33. The van der Waals surface area contributed by atoms with Crippen molar-refractivity contribution in [2.45, 2.75) is 51.4 Å². The number of rotatable bonds is 11. The fourth-order valence-electron chi connectivity index (χ4n) is 5.36. The van der Waals surface area contributed by atoms with E-state index in [1.807, 2.05) is 32.0 Å². The molecule has 4 aromatic rings. The Hall–Kier alpha value is -3.57. The first-order chi connectivity index (χ1) is 18.9. The van der Waals surface area contributed by atoms with Gasteiger partial charge in [0.05, 0.1) is 13.0 Å². The topological polar surface area (TPSA) is 55.6 Å². The SMILES string of the molecule is CCOC(=O)CC1(c2ccc(-c3ccc(-c4onc(C)c4N(C)CCCc4ccccc4Cl)cc3)cc2)CC1. The van der Waals surface area contributed by atoms with Gasteiger partial charge in [-0.1, -0.05) is 83.5 Å². The predicted molar refractivity (Wildman–Crippen MR) is 157 cm³/mol. The van der Waals surface area contributed by atoms with Gasteiger partial charge in [-0.05, 0) is 67.9 Å². The zero-order valence-electron chi connectivity index (χ0n) is 22.9. The van der Waals surface area contributed by atoms with Crippen LogP contribution in [0.25, 0.3) is 22.5 Å². The molecule has 1 aliphatic carbocycles. The van der Waals surface area contributed by atoms with Crippen molar-refractivity contribution in [2.24, 2.45) is 0 Å². The van der Waals surface area contributed by atoms with Gasteiger partial charge >= 0.3 is 5.97 Å². The fourth-order valence-corrected chi connectivity index (χ4v) is 5.59. The van der Waals surface area contributed by atoms with Crippen LogP contribution < -0.4 is 4.90 Å². The zero-order valence-corrected chi connectivity index (χ0v) is 23.6. The molecule has 0 saturated heterocycles. The number of benzene rings is 3. The summed E-state index contributed by atoms with van der Waals surface area (Å²) in [4.78, 5) is 14.3. The summed E-state index contributed by atoms with van der Waals surface area (Å²) in [6, 6.07) is 25.0. The van der Waals surface area contributed by atoms with E-state index in [9.17, 15) is 4.79 Å². The van der Waals surface area contributed by atoms with Gasteiger partial charge in [0, 0.05) is 29.6 Å².